The van der Waals surface area contributed by atoms with E-state index < -0.39 is 0 Å². The molecule has 1 fully saturated rings. The van der Waals surface area contributed by atoms with E-state index in [1.165, 1.54) is 5.56 Å². The van der Waals surface area contributed by atoms with Gasteiger partial charge in [0.15, 0.2) is 5.76 Å². The fourth-order valence-electron chi connectivity index (χ4n) is 3.39. The summed E-state index contributed by atoms with van der Waals surface area (Å²) in [7, 11) is 0. The Morgan fingerprint density at radius 3 is 2.40 bits per heavy atom. The molecule has 0 spiro atoms. The zero-order valence-corrected chi connectivity index (χ0v) is 17.9. The van der Waals surface area contributed by atoms with Crippen LogP contribution in [0.15, 0.2) is 65.1 Å². The average molecular weight is 445 g/mol. The summed E-state index contributed by atoms with van der Waals surface area (Å²) in [4.78, 5) is 16.9. The molecule has 0 bridgehead atoms. The maximum Gasteiger partial charge on any atom is 0.289 e. The molecule has 0 radical (unpaired) electrons. The second-order valence-corrected chi connectivity index (χ2v) is 8.02. The Balaban J connectivity index is 1.28. The number of halogens is 2. The van der Waals surface area contributed by atoms with Crippen LogP contribution in [0.1, 0.15) is 21.9 Å². The first-order chi connectivity index (χ1) is 14.6. The van der Waals surface area contributed by atoms with Crippen LogP contribution in [0.4, 0.5) is 0 Å². The summed E-state index contributed by atoms with van der Waals surface area (Å²) in [5, 5.41) is 1.28. The van der Waals surface area contributed by atoms with Crippen molar-refractivity contribution in [3.05, 3.63) is 87.8 Å². The molecule has 0 unspecified atom stereocenters. The number of carbonyl (C=O) groups is 1. The van der Waals surface area contributed by atoms with Gasteiger partial charge in [-0.25, -0.2) is 0 Å². The summed E-state index contributed by atoms with van der Waals surface area (Å²) >= 11 is 12.0. The number of para-hydroxylation sites is 1. The fraction of sp³-hybridized carbons (Fsp3) is 0.261. The van der Waals surface area contributed by atoms with Gasteiger partial charge in [0.25, 0.3) is 5.91 Å². The van der Waals surface area contributed by atoms with Crippen molar-refractivity contribution < 1.29 is 13.9 Å². The van der Waals surface area contributed by atoms with Crippen molar-refractivity contribution >= 4 is 29.1 Å². The Labute approximate surface area is 185 Å². The number of furan rings is 1. The van der Waals surface area contributed by atoms with Gasteiger partial charge in [-0.2, -0.15) is 0 Å². The molecular weight excluding hydrogens is 423 g/mol. The molecule has 0 atom stereocenters. The maximum atomic E-state index is 12.8. The molecule has 1 aliphatic heterocycles. The second-order valence-electron chi connectivity index (χ2n) is 7.18. The van der Waals surface area contributed by atoms with Gasteiger partial charge in [0.2, 0.25) is 0 Å². The molecule has 7 heteroatoms. The van der Waals surface area contributed by atoms with Gasteiger partial charge in [-0.05, 0) is 42.0 Å². The molecule has 5 nitrogen and oxygen atoms in total. The number of piperazine rings is 1. The number of nitrogens with zero attached hydrogens (tertiary/aromatic N) is 2. The molecule has 0 N–H and O–H groups in total. The minimum absolute atomic E-state index is 0.0925. The molecular formula is C23H22Cl2N2O3. The zero-order chi connectivity index (χ0) is 20.9. The van der Waals surface area contributed by atoms with Crippen molar-refractivity contribution in [2.75, 3.05) is 26.2 Å². The van der Waals surface area contributed by atoms with E-state index in [1.54, 1.807) is 24.3 Å². The van der Waals surface area contributed by atoms with Crippen LogP contribution in [0.5, 0.6) is 5.75 Å². The van der Waals surface area contributed by atoms with E-state index in [-0.39, 0.29) is 12.5 Å². The van der Waals surface area contributed by atoms with Crippen molar-refractivity contribution in [2.24, 2.45) is 0 Å². The monoisotopic (exact) mass is 444 g/mol. The van der Waals surface area contributed by atoms with Gasteiger partial charge >= 0.3 is 0 Å². The molecule has 1 aliphatic rings. The Morgan fingerprint density at radius 2 is 1.67 bits per heavy atom. The highest BCUT2D eigenvalue weighted by Gasteiger charge is 2.24. The third-order valence-electron chi connectivity index (χ3n) is 5.06. The van der Waals surface area contributed by atoms with E-state index in [0.29, 0.717) is 35.4 Å². The van der Waals surface area contributed by atoms with Crippen LogP contribution in [-0.2, 0) is 13.2 Å². The summed E-state index contributed by atoms with van der Waals surface area (Å²) in [6.07, 6.45) is 0. The van der Waals surface area contributed by atoms with E-state index in [1.807, 2.05) is 41.3 Å². The molecule has 2 heterocycles. The smallest absolute Gasteiger partial charge is 0.289 e. The number of carbonyl (C=O) groups excluding carboxylic acids is 1. The van der Waals surface area contributed by atoms with Crippen LogP contribution >= 0.6 is 23.2 Å². The minimum atomic E-state index is -0.0925. The molecule has 0 saturated carbocycles. The van der Waals surface area contributed by atoms with Gasteiger partial charge in [-0.15, -0.1) is 0 Å². The van der Waals surface area contributed by atoms with E-state index in [2.05, 4.69) is 4.90 Å². The zero-order valence-electron chi connectivity index (χ0n) is 16.4. The molecule has 4 rings (SSSR count). The van der Waals surface area contributed by atoms with Crippen LogP contribution in [0.3, 0.4) is 0 Å². The second kappa shape index (κ2) is 9.56. The lowest BCUT2D eigenvalue weighted by atomic mass is 10.2. The molecule has 1 amide bonds. The topological polar surface area (TPSA) is 45.9 Å². The van der Waals surface area contributed by atoms with Crippen molar-refractivity contribution in [1.82, 2.24) is 9.80 Å². The van der Waals surface area contributed by atoms with Crippen molar-refractivity contribution in [3.63, 3.8) is 0 Å². The Morgan fingerprint density at radius 1 is 0.933 bits per heavy atom. The molecule has 3 aromatic rings. The van der Waals surface area contributed by atoms with Gasteiger partial charge in [0.1, 0.15) is 18.1 Å². The number of hydrogen-bond donors (Lipinski definition) is 0. The van der Waals surface area contributed by atoms with Gasteiger partial charge in [0.05, 0.1) is 5.02 Å². The molecule has 0 aliphatic carbocycles. The number of benzene rings is 2. The lowest BCUT2D eigenvalue weighted by molar-refractivity contribution is 0.0594. The van der Waals surface area contributed by atoms with Crippen LogP contribution in [-0.4, -0.2) is 41.9 Å². The lowest BCUT2D eigenvalue weighted by Crippen LogP contribution is -2.48. The molecule has 156 valence electrons. The SMILES string of the molecule is O=C(c1ccc(COc2ccccc2Cl)o1)N1CCN(Cc2ccc(Cl)cc2)CC1. The Bertz CT molecular complexity index is 996. The first-order valence-electron chi connectivity index (χ1n) is 9.80. The Hall–Kier alpha value is -2.47. The lowest BCUT2D eigenvalue weighted by Gasteiger charge is -2.34. The fourth-order valence-corrected chi connectivity index (χ4v) is 3.71. The van der Waals surface area contributed by atoms with Crippen LogP contribution < -0.4 is 4.74 Å². The molecule has 2 aromatic carbocycles. The molecule has 1 saturated heterocycles. The van der Waals surface area contributed by atoms with Gasteiger partial charge in [-0.3, -0.25) is 9.69 Å². The summed E-state index contributed by atoms with van der Waals surface area (Å²) < 4.78 is 11.4. The Kier molecular flexibility index (Phi) is 6.62. The number of amides is 1. The predicted octanol–water partition coefficient (Wildman–Crippen LogP) is 5.12. The number of rotatable bonds is 6. The third-order valence-corrected chi connectivity index (χ3v) is 5.62. The number of hydrogen-bond acceptors (Lipinski definition) is 4. The molecule has 1 aromatic heterocycles. The summed E-state index contributed by atoms with van der Waals surface area (Å²) in [6.45, 7) is 4.03. The van der Waals surface area contributed by atoms with Gasteiger partial charge in [0, 0.05) is 37.7 Å². The largest absolute Gasteiger partial charge is 0.484 e. The van der Waals surface area contributed by atoms with Gasteiger partial charge < -0.3 is 14.1 Å². The highest BCUT2D eigenvalue weighted by molar-refractivity contribution is 6.32. The van der Waals surface area contributed by atoms with Crippen LogP contribution in [0.25, 0.3) is 0 Å². The van der Waals surface area contributed by atoms with E-state index in [0.717, 1.165) is 24.7 Å². The quantitative estimate of drug-likeness (QED) is 0.528. The van der Waals surface area contributed by atoms with Crippen LogP contribution in [0.2, 0.25) is 10.0 Å². The van der Waals surface area contributed by atoms with E-state index >= 15 is 0 Å². The molecule has 30 heavy (non-hydrogen) atoms. The van der Waals surface area contributed by atoms with Crippen molar-refractivity contribution in [1.29, 1.82) is 0 Å². The average Bonchev–Trinajstić information content (AvgIpc) is 3.24. The maximum absolute atomic E-state index is 12.8. The summed E-state index contributed by atoms with van der Waals surface area (Å²) in [5.41, 5.74) is 1.22. The van der Waals surface area contributed by atoms with Crippen molar-refractivity contribution in [3.8, 4) is 5.75 Å². The van der Waals surface area contributed by atoms with E-state index in [9.17, 15) is 4.79 Å². The van der Waals surface area contributed by atoms with Gasteiger partial charge in [-0.1, -0.05) is 47.5 Å². The van der Waals surface area contributed by atoms with E-state index in [4.69, 9.17) is 32.4 Å². The predicted molar refractivity (Wildman–Crippen MR) is 117 cm³/mol. The normalized spacial score (nSPS) is 14.7. The van der Waals surface area contributed by atoms with Crippen LogP contribution in [0, 0.1) is 0 Å². The highest BCUT2D eigenvalue weighted by atomic mass is 35.5. The number of ether oxygens (including phenoxy) is 1. The first kappa shape index (κ1) is 20.8. The summed E-state index contributed by atoms with van der Waals surface area (Å²) in [6, 6.07) is 18.6. The highest BCUT2D eigenvalue weighted by Crippen LogP contribution is 2.24. The standard InChI is InChI=1S/C23H22Cl2N2O3/c24-18-7-5-17(6-8-18)15-26-11-13-27(14-12-26)23(28)22-10-9-19(30-22)16-29-21-4-2-1-3-20(21)25/h1-10H,11-16H2. The summed E-state index contributed by atoms with van der Waals surface area (Å²) in [5.74, 6) is 1.41. The van der Waals surface area contributed by atoms with Crippen molar-refractivity contribution in [2.45, 2.75) is 13.2 Å². The minimum Gasteiger partial charge on any atom is -0.484 e. The first-order valence-corrected chi connectivity index (χ1v) is 10.6. The third kappa shape index (κ3) is 5.17.